The highest BCUT2D eigenvalue weighted by molar-refractivity contribution is 6.37. The highest BCUT2D eigenvalue weighted by Crippen LogP contribution is 2.38. The van der Waals surface area contributed by atoms with Gasteiger partial charge in [-0.1, -0.05) is 36.4 Å². The van der Waals surface area contributed by atoms with E-state index in [2.05, 4.69) is 10.6 Å². The average molecular weight is 388 g/mol. The summed E-state index contributed by atoms with van der Waals surface area (Å²) in [5.41, 5.74) is 4.00. The van der Waals surface area contributed by atoms with Gasteiger partial charge in [0, 0.05) is 11.3 Å². The van der Waals surface area contributed by atoms with E-state index in [-0.39, 0.29) is 11.7 Å². The number of rotatable bonds is 4. The second-order valence-corrected chi connectivity index (χ2v) is 6.45. The van der Waals surface area contributed by atoms with Crippen LogP contribution in [0.5, 0.6) is 0 Å². The first kappa shape index (κ1) is 18.4. The van der Waals surface area contributed by atoms with Crippen molar-refractivity contribution < 1.29 is 18.7 Å². The summed E-state index contributed by atoms with van der Waals surface area (Å²) in [5.74, 6) is -1.12. The van der Waals surface area contributed by atoms with Crippen molar-refractivity contribution in [2.24, 2.45) is 0 Å². The Balaban J connectivity index is 1.86. The molecule has 0 aromatic heterocycles. The van der Waals surface area contributed by atoms with Crippen LogP contribution in [-0.2, 0) is 9.53 Å². The number of nitrogens with one attached hydrogen (secondary N) is 2. The maximum atomic E-state index is 13.3. The van der Waals surface area contributed by atoms with Crippen molar-refractivity contribution >= 4 is 34.5 Å². The van der Waals surface area contributed by atoms with Gasteiger partial charge in [-0.25, -0.2) is 9.18 Å². The second kappa shape index (κ2) is 7.59. The summed E-state index contributed by atoms with van der Waals surface area (Å²) in [7, 11) is 1.31. The predicted molar refractivity (Wildman–Crippen MR) is 110 cm³/mol. The summed E-state index contributed by atoms with van der Waals surface area (Å²) in [5, 5.41) is 6.05. The van der Waals surface area contributed by atoms with Crippen LogP contribution >= 0.6 is 0 Å². The largest absolute Gasteiger partial charge is 0.465 e. The number of esters is 1. The molecule has 0 saturated carbocycles. The molecule has 0 radical (unpaired) electrons. The number of anilines is 2. The molecule has 0 spiro atoms. The highest BCUT2D eigenvalue weighted by atomic mass is 19.1. The standard InChI is InChI=1S/C23H17FN2O3/c1-29-23(28)15-7-12-18-19(13-15)26-22(27)20(18)21(14-5-3-2-4-6-14)25-17-10-8-16(24)9-11-17/h2-13,25H,1H3,(H,26,27)/b21-20+. The molecule has 3 aromatic carbocycles. The molecule has 1 aliphatic heterocycles. The molecule has 3 aromatic rings. The van der Waals surface area contributed by atoms with Gasteiger partial charge in [0.15, 0.2) is 0 Å². The van der Waals surface area contributed by atoms with Gasteiger partial charge in [-0.15, -0.1) is 0 Å². The van der Waals surface area contributed by atoms with Crippen LogP contribution in [0.25, 0.3) is 11.3 Å². The minimum absolute atomic E-state index is 0.296. The van der Waals surface area contributed by atoms with Gasteiger partial charge in [-0.3, -0.25) is 4.79 Å². The van der Waals surface area contributed by atoms with Gasteiger partial charge in [0.25, 0.3) is 5.91 Å². The van der Waals surface area contributed by atoms with Crippen molar-refractivity contribution in [1.29, 1.82) is 0 Å². The van der Waals surface area contributed by atoms with E-state index in [9.17, 15) is 14.0 Å². The first-order valence-electron chi connectivity index (χ1n) is 8.93. The Morgan fingerprint density at radius 1 is 0.966 bits per heavy atom. The summed E-state index contributed by atoms with van der Waals surface area (Å²) in [6.07, 6.45) is 0. The lowest BCUT2D eigenvalue weighted by Gasteiger charge is -2.15. The van der Waals surface area contributed by atoms with Crippen LogP contribution in [0.1, 0.15) is 21.5 Å². The molecule has 1 heterocycles. The van der Waals surface area contributed by atoms with Gasteiger partial charge >= 0.3 is 5.97 Å². The minimum atomic E-state index is -0.479. The third kappa shape index (κ3) is 3.60. The van der Waals surface area contributed by atoms with Crippen LogP contribution in [-0.4, -0.2) is 19.0 Å². The van der Waals surface area contributed by atoms with Crippen LogP contribution in [0.15, 0.2) is 72.8 Å². The fraction of sp³-hybridized carbons (Fsp3) is 0.0435. The number of amides is 1. The molecule has 0 unspecified atom stereocenters. The van der Waals surface area contributed by atoms with Crippen molar-refractivity contribution in [3.8, 4) is 0 Å². The monoisotopic (exact) mass is 388 g/mol. The van der Waals surface area contributed by atoms with Crippen molar-refractivity contribution in [3.63, 3.8) is 0 Å². The molecule has 1 aliphatic rings. The van der Waals surface area contributed by atoms with Crippen molar-refractivity contribution in [3.05, 3.63) is 95.3 Å². The lowest BCUT2D eigenvalue weighted by molar-refractivity contribution is -0.110. The van der Waals surface area contributed by atoms with Crippen LogP contribution in [0.4, 0.5) is 15.8 Å². The molecule has 1 amide bonds. The summed E-state index contributed by atoms with van der Waals surface area (Å²) < 4.78 is 18.0. The molecule has 2 N–H and O–H groups in total. The second-order valence-electron chi connectivity index (χ2n) is 6.45. The maximum Gasteiger partial charge on any atom is 0.337 e. The van der Waals surface area contributed by atoms with E-state index in [1.54, 1.807) is 30.3 Å². The SMILES string of the molecule is COC(=O)c1ccc2c(c1)NC(=O)/C2=C(/Nc1ccc(F)cc1)c1ccccc1. The zero-order valence-electron chi connectivity index (χ0n) is 15.5. The quantitative estimate of drug-likeness (QED) is 0.508. The predicted octanol–water partition coefficient (Wildman–Crippen LogP) is 4.54. The summed E-state index contributed by atoms with van der Waals surface area (Å²) in [6.45, 7) is 0. The van der Waals surface area contributed by atoms with Gasteiger partial charge in [-0.05, 0) is 42.0 Å². The Bertz CT molecular complexity index is 1120. The van der Waals surface area contributed by atoms with Crippen molar-refractivity contribution in [2.75, 3.05) is 17.7 Å². The summed E-state index contributed by atoms with van der Waals surface area (Å²) in [6, 6.07) is 20.2. The molecule has 0 saturated heterocycles. The Labute approximate surface area is 166 Å². The molecule has 5 nitrogen and oxygen atoms in total. The summed E-state index contributed by atoms with van der Waals surface area (Å²) >= 11 is 0. The van der Waals surface area contributed by atoms with Crippen LogP contribution < -0.4 is 10.6 Å². The molecule has 29 heavy (non-hydrogen) atoms. The van der Waals surface area contributed by atoms with E-state index in [0.717, 1.165) is 5.56 Å². The number of benzene rings is 3. The van der Waals surface area contributed by atoms with Gasteiger partial charge < -0.3 is 15.4 Å². The Kier molecular flexibility index (Phi) is 4.83. The zero-order chi connectivity index (χ0) is 20.4. The number of fused-ring (bicyclic) bond motifs is 1. The molecule has 6 heteroatoms. The van der Waals surface area contributed by atoms with Crippen molar-refractivity contribution in [1.82, 2.24) is 0 Å². The van der Waals surface area contributed by atoms with Crippen LogP contribution in [0.3, 0.4) is 0 Å². The first-order chi connectivity index (χ1) is 14.1. The van der Waals surface area contributed by atoms with E-state index in [0.29, 0.717) is 33.8 Å². The molecule has 0 fully saturated rings. The molecule has 0 bridgehead atoms. The maximum absolute atomic E-state index is 13.3. The van der Waals surface area contributed by atoms with E-state index in [4.69, 9.17) is 4.74 Å². The van der Waals surface area contributed by atoms with Crippen molar-refractivity contribution in [2.45, 2.75) is 0 Å². The molecule has 0 aliphatic carbocycles. The van der Waals surface area contributed by atoms with E-state index in [1.807, 2.05) is 30.3 Å². The number of methoxy groups -OCH3 is 1. The number of hydrogen-bond acceptors (Lipinski definition) is 4. The normalized spacial score (nSPS) is 14.1. The molecule has 0 atom stereocenters. The lowest BCUT2D eigenvalue weighted by Crippen LogP contribution is -2.10. The van der Waals surface area contributed by atoms with Gasteiger partial charge in [0.2, 0.25) is 0 Å². The third-order valence-corrected chi connectivity index (χ3v) is 4.61. The van der Waals surface area contributed by atoms with Gasteiger partial charge in [-0.2, -0.15) is 0 Å². The molecular formula is C23H17FN2O3. The minimum Gasteiger partial charge on any atom is -0.465 e. The van der Waals surface area contributed by atoms with Crippen LogP contribution in [0, 0.1) is 5.82 Å². The average Bonchev–Trinajstić information content (AvgIpc) is 3.08. The number of carbonyl (C=O) groups is 2. The van der Waals surface area contributed by atoms with E-state index in [1.165, 1.54) is 19.2 Å². The fourth-order valence-corrected chi connectivity index (χ4v) is 3.23. The lowest BCUT2D eigenvalue weighted by atomic mass is 9.99. The number of carbonyl (C=O) groups excluding carboxylic acids is 2. The summed E-state index contributed by atoms with van der Waals surface area (Å²) in [4.78, 5) is 24.7. The zero-order valence-corrected chi connectivity index (χ0v) is 15.5. The number of halogens is 1. The number of hydrogen-bond donors (Lipinski definition) is 2. The third-order valence-electron chi connectivity index (χ3n) is 4.61. The van der Waals surface area contributed by atoms with Gasteiger partial charge in [0.1, 0.15) is 5.82 Å². The van der Waals surface area contributed by atoms with Crippen LogP contribution in [0.2, 0.25) is 0 Å². The number of ether oxygens (including phenoxy) is 1. The van der Waals surface area contributed by atoms with Gasteiger partial charge in [0.05, 0.1) is 29.6 Å². The molecule has 4 rings (SSSR count). The fourth-order valence-electron chi connectivity index (χ4n) is 3.23. The first-order valence-corrected chi connectivity index (χ1v) is 8.93. The molecular weight excluding hydrogens is 371 g/mol. The Morgan fingerprint density at radius 3 is 2.38 bits per heavy atom. The topological polar surface area (TPSA) is 67.4 Å². The van der Waals surface area contributed by atoms with E-state index >= 15 is 0 Å². The Hall–Kier alpha value is -3.93. The van der Waals surface area contributed by atoms with E-state index < -0.39 is 5.97 Å². The smallest absolute Gasteiger partial charge is 0.337 e. The Morgan fingerprint density at radius 2 is 1.69 bits per heavy atom. The highest BCUT2D eigenvalue weighted by Gasteiger charge is 2.29. The molecule has 144 valence electrons.